The number of fused-ring (bicyclic) bond motifs is 1. The van der Waals surface area contributed by atoms with Crippen LogP contribution in [0, 0.1) is 10.1 Å². The van der Waals surface area contributed by atoms with E-state index >= 15 is 0 Å². The molecule has 110 valence electrons. The van der Waals surface area contributed by atoms with Crippen LogP contribution in [0.5, 0.6) is 0 Å². The third kappa shape index (κ3) is 2.56. The molecule has 0 atom stereocenters. The molecule has 0 saturated heterocycles. The van der Waals surface area contributed by atoms with Crippen LogP contribution in [0.2, 0.25) is 10.0 Å². The molecule has 1 aromatic heterocycles. The fraction of sp³-hybridized carbons (Fsp3) is 0. The largest absolute Gasteiger partial charge is 0.454 e. The van der Waals surface area contributed by atoms with E-state index < -0.39 is 4.92 Å². The quantitative estimate of drug-likeness (QED) is 0.503. The first-order valence-electron chi connectivity index (χ1n) is 6.13. The Labute approximate surface area is 133 Å². The van der Waals surface area contributed by atoms with E-state index in [1.807, 2.05) is 0 Å². The Balaban J connectivity index is 2.20. The maximum Gasteiger partial charge on any atom is 0.269 e. The summed E-state index contributed by atoms with van der Waals surface area (Å²) in [6, 6.07) is 9.95. The second-order valence-electron chi connectivity index (χ2n) is 4.54. The Hall–Kier alpha value is -2.37. The molecule has 0 spiro atoms. The van der Waals surface area contributed by atoms with Gasteiger partial charge in [0.05, 0.1) is 15.3 Å². The van der Waals surface area contributed by atoms with Gasteiger partial charge in [-0.1, -0.05) is 23.2 Å². The van der Waals surface area contributed by atoms with Crippen molar-refractivity contribution in [1.29, 1.82) is 0 Å². The molecule has 0 aliphatic carbocycles. The van der Waals surface area contributed by atoms with Crippen molar-refractivity contribution in [2.75, 3.05) is 0 Å². The maximum absolute atomic E-state index is 12.2. The van der Waals surface area contributed by atoms with Gasteiger partial charge in [-0.3, -0.25) is 14.9 Å². The molecule has 0 aliphatic heterocycles. The Morgan fingerprint density at radius 2 is 1.73 bits per heavy atom. The molecule has 7 heteroatoms. The van der Waals surface area contributed by atoms with E-state index in [2.05, 4.69) is 0 Å². The van der Waals surface area contributed by atoms with Crippen LogP contribution >= 0.6 is 23.2 Å². The standard InChI is InChI=1S/C15H7Cl2NO4/c16-9-5-11-13(19)7-14(22-15(11)12(17)6-9)8-1-3-10(4-2-8)18(20)21/h1-7H. The highest BCUT2D eigenvalue weighted by Crippen LogP contribution is 2.30. The predicted octanol–water partition coefficient (Wildman–Crippen LogP) is 4.68. The lowest BCUT2D eigenvalue weighted by atomic mass is 10.1. The molecule has 1 heterocycles. The number of nitro benzene ring substituents is 1. The molecule has 5 nitrogen and oxygen atoms in total. The van der Waals surface area contributed by atoms with Gasteiger partial charge < -0.3 is 4.42 Å². The van der Waals surface area contributed by atoms with E-state index in [0.29, 0.717) is 10.6 Å². The van der Waals surface area contributed by atoms with Crippen LogP contribution in [0.1, 0.15) is 0 Å². The SMILES string of the molecule is O=c1cc(-c2ccc([N+](=O)[O-])cc2)oc2c(Cl)cc(Cl)cc12. The summed E-state index contributed by atoms with van der Waals surface area (Å²) in [5.74, 6) is 0.275. The maximum atomic E-state index is 12.2. The summed E-state index contributed by atoms with van der Waals surface area (Å²) in [5, 5.41) is 11.5. The molecular weight excluding hydrogens is 329 g/mol. The summed E-state index contributed by atoms with van der Waals surface area (Å²) < 4.78 is 5.65. The molecule has 0 amide bonds. The van der Waals surface area contributed by atoms with Gasteiger partial charge in [0.25, 0.3) is 5.69 Å². The molecule has 0 unspecified atom stereocenters. The van der Waals surface area contributed by atoms with Crippen molar-refractivity contribution in [2.24, 2.45) is 0 Å². The van der Waals surface area contributed by atoms with Gasteiger partial charge in [-0.25, -0.2) is 0 Å². The van der Waals surface area contributed by atoms with Crippen LogP contribution in [0.4, 0.5) is 5.69 Å². The van der Waals surface area contributed by atoms with Gasteiger partial charge in [0.2, 0.25) is 0 Å². The normalized spacial score (nSPS) is 10.8. The average Bonchev–Trinajstić information content (AvgIpc) is 2.48. The molecule has 0 bridgehead atoms. The fourth-order valence-electron chi connectivity index (χ4n) is 2.07. The minimum atomic E-state index is -0.501. The Bertz CT molecular complexity index is 948. The van der Waals surface area contributed by atoms with Crippen molar-refractivity contribution >= 4 is 39.9 Å². The van der Waals surface area contributed by atoms with Gasteiger partial charge in [0, 0.05) is 28.8 Å². The van der Waals surface area contributed by atoms with Crippen molar-refractivity contribution in [3.8, 4) is 11.3 Å². The lowest BCUT2D eigenvalue weighted by Gasteiger charge is -2.05. The second-order valence-corrected chi connectivity index (χ2v) is 5.39. The van der Waals surface area contributed by atoms with Crippen molar-refractivity contribution in [1.82, 2.24) is 0 Å². The molecule has 0 fully saturated rings. The molecule has 0 saturated carbocycles. The van der Waals surface area contributed by atoms with Crippen molar-refractivity contribution in [2.45, 2.75) is 0 Å². The molecule has 0 radical (unpaired) electrons. The second kappa shape index (κ2) is 5.44. The Kier molecular flexibility index (Phi) is 3.60. The fourth-order valence-corrected chi connectivity index (χ4v) is 2.61. The summed E-state index contributed by atoms with van der Waals surface area (Å²) in [6.45, 7) is 0. The number of non-ortho nitro benzene ring substituents is 1. The summed E-state index contributed by atoms with van der Waals surface area (Å²) in [5.41, 5.74) is 0.429. The molecule has 22 heavy (non-hydrogen) atoms. The van der Waals surface area contributed by atoms with Gasteiger partial charge >= 0.3 is 0 Å². The Morgan fingerprint density at radius 1 is 1.05 bits per heavy atom. The minimum absolute atomic E-state index is 0.0447. The first kappa shape index (κ1) is 14.6. The van der Waals surface area contributed by atoms with Gasteiger partial charge in [0.1, 0.15) is 5.76 Å². The van der Waals surface area contributed by atoms with Gasteiger partial charge in [0.15, 0.2) is 11.0 Å². The summed E-state index contributed by atoms with van der Waals surface area (Å²) in [7, 11) is 0. The van der Waals surface area contributed by atoms with E-state index in [-0.39, 0.29) is 32.9 Å². The number of benzene rings is 2. The van der Waals surface area contributed by atoms with Crippen molar-refractivity contribution < 1.29 is 9.34 Å². The van der Waals surface area contributed by atoms with Crippen LogP contribution in [-0.2, 0) is 0 Å². The van der Waals surface area contributed by atoms with Crippen molar-refractivity contribution in [3.05, 3.63) is 72.8 Å². The number of hydrogen-bond acceptors (Lipinski definition) is 4. The smallest absolute Gasteiger partial charge is 0.269 e. The first-order chi connectivity index (χ1) is 10.5. The van der Waals surface area contributed by atoms with E-state index in [0.717, 1.165) is 0 Å². The third-order valence-electron chi connectivity index (χ3n) is 3.11. The van der Waals surface area contributed by atoms with Crippen LogP contribution < -0.4 is 5.43 Å². The molecule has 3 rings (SSSR count). The van der Waals surface area contributed by atoms with E-state index in [1.54, 1.807) is 0 Å². The van der Waals surface area contributed by atoms with E-state index in [4.69, 9.17) is 27.6 Å². The van der Waals surface area contributed by atoms with Crippen LogP contribution in [0.25, 0.3) is 22.3 Å². The average molecular weight is 336 g/mol. The number of nitro groups is 1. The highest BCUT2D eigenvalue weighted by Gasteiger charge is 2.12. The van der Waals surface area contributed by atoms with Crippen LogP contribution in [0.15, 0.2) is 51.7 Å². The van der Waals surface area contributed by atoms with Crippen LogP contribution in [0.3, 0.4) is 0 Å². The summed E-state index contributed by atoms with van der Waals surface area (Å²) in [6.07, 6.45) is 0. The van der Waals surface area contributed by atoms with Gasteiger partial charge in [-0.15, -0.1) is 0 Å². The summed E-state index contributed by atoms with van der Waals surface area (Å²) in [4.78, 5) is 22.3. The van der Waals surface area contributed by atoms with Gasteiger partial charge in [-0.05, 0) is 24.3 Å². The van der Waals surface area contributed by atoms with Gasteiger partial charge in [-0.2, -0.15) is 0 Å². The highest BCUT2D eigenvalue weighted by atomic mass is 35.5. The van der Waals surface area contributed by atoms with E-state index in [1.165, 1.54) is 42.5 Å². The number of nitrogens with zero attached hydrogens (tertiary/aromatic N) is 1. The molecule has 3 aromatic rings. The zero-order chi connectivity index (χ0) is 15.9. The van der Waals surface area contributed by atoms with E-state index in [9.17, 15) is 14.9 Å². The molecule has 2 aromatic carbocycles. The lowest BCUT2D eigenvalue weighted by molar-refractivity contribution is -0.384. The van der Waals surface area contributed by atoms with Crippen molar-refractivity contribution in [3.63, 3.8) is 0 Å². The zero-order valence-electron chi connectivity index (χ0n) is 10.9. The highest BCUT2D eigenvalue weighted by molar-refractivity contribution is 6.38. The first-order valence-corrected chi connectivity index (χ1v) is 6.89. The predicted molar refractivity (Wildman–Crippen MR) is 84.6 cm³/mol. The Morgan fingerprint density at radius 3 is 2.36 bits per heavy atom. The monoisotopic (exact) mass is 335 g/mol. The minimum Gasteiger partial charge on any atom is -0.454 e. The lowest BCUT2D eigenvalue weighted by Crippen LogP contribution is -2.00. The number of hydrogen-bond donors (Lipinski definition) is 0. The topological polar surface area (TPSA) is 73.3 Å². The number of rotatable bonds is 2. The zero-order valence-corrected chi connectivity index (χ0v) is 12.4. The van der Waals surface area contributed by atoms with Crippen LogP contribution in [-0.4, -0.2) is 4.92 Å². The molecular formula is C15H7Cl2NO4. The number of halogens is 2. The third-order valence-corrected chi connectivity index (χ3v) is 3.61. The molecule has 0 aliphatic rings. The molecule has 0 N–H and O–H groups in total. The summed E-state index contributed by atoms with van der Waals surface area (Å²) >= 11 is 11.9.